The van der Waals surface area contributed by atoms with Gasteiger partial charge in [0.15, 0.2) is 0 Å². The van der Waals surface area contributed by atoms with E-state index in [0.717, 1.165) is 15.7 Å². The van der Waals surface area contributed by atoms with Gasteiger partial charge in [0, 0.05) is 29.0 Å². The van der Waals surface area contributed by atoms with Crippen LogP contribution in [0, 0.1) is 0 Å². The number of carbonyl (C=O) groups is 1. The Labute approximate surface area is 114 Å². The number of hydrogen-bond donors (Lipinski definition) is 1. The smallest absolute Gasteiger partial charge is 0.224 e. The van der Waals surface area contributed by atoms with Crippen LogP contribution in [-0.2, 0) is 11.2 Å². The van der Waals surface area contributed by atoms with Crippen molar-refractivity contribution in [2.45, 2.75) is 12.8 Å². The highest BCUT2D eigenvalue weighted by atomic mass is 79.9. The zero-order valence-electron chi connectivity index (χ0n) is 9.77. The van der Waals surface area contributed by atoms with E-state index in [1.807, 2.05) is 36.4 Å². The minimum atomic E-state index is 0.0150. The van der Waals surface area contributed by atoms with Crippen LogP contribution >= 0.6 is 15.9 Å². The molecule has 1 aromatic heterocycles. The highest BCUT2D eigenvalue weighted by Gasteiger charge is 2.03. The number of aromatic nitrogens is 1. The number of nitrogens with one attached hydrogen (secondary N) is 1. The number of nitrogens with zero attached hydrogens (tertiary/aromatic N) is 1. The molecule has 0 aliphatic rings. The van der Waals surface area contributed by atoms with E-state index in [1.165, 1.54) is 0 Å². The van der Waals surface area contributed by atoms with Crippen LogP contribution in [0.4, 0.5) is 5.69 Å². The average Bonchev–Trinajstić information content (AvgIpc) is 2.40. The SMILES string of the molecule is O=C(CCc1cccnc1)Nc1ccc(Br)cc1. The van der Waals surface area contributed by atoms with Crippen LogP contribution in [-0.4, -0.2) is 10.9 Å². The van der Waals surface area contributed by atoms with Gasteiger partial charge in [-0.25, -0.2) is 0 Å². The van der Waals surface area contributed by atoms with Crippen molar-refractivity contribution in [1.82, 2.24) is 4.98 Å². The molecule has 2 aromatic rings. The highest BCUT2D eigenvalue weighted by molar-refractivity contribution is 9.10. The van der Waals surface area contributed by atoms with Crippen molar-refractivity contribution in [3.63, 3.8) is 0 Å². The van der Waals surface area contributed by atoms with Crippen molar-refractivity contribution >= 4 is 27.5 Å². The van der Waals surface area contributed by atoms with Crippen molar-refractivity contribution in [1.29, 1.82) is 0 Å². The Hall–Kier alpha value is -1.68. The Morgan fingerprint density at radius 1 is 1.22 bits per heavy atom. The largest absolute Gasteiger partial charge is 0.326 e. The van der Waals surface area contributed by atoms with Crippen LogP contribution < -0.4 is 5.32 Å². The van der Waals surface area contributed by atoms with Gasteiger partial charge in [-0.3, -0.25) is 9.78 Å². The molecule has 2 rings (SSSR count). The van der Waals surface area contributed by atoms with Crippen molar-refractivity contribution < 1.29 is 4.79 Å². The summed E-state index contributed by atoms with van der Waals surface area (Å²) in [6, 6.07) is 11.4. The Morgan fingerprint density at radius 3 is 2.67 bits per heavy atom. The number of amides is 1. The van der Waals surface area contributed by atoms with E-state index >= 15 is 0 Å². The van der Waals surface area contributed by atoms with Gasteiger partial charge in [0.25, 0.3) is 0 Å². The van der Waals surface area contributed by atoms with E-state index in [2.05, 4.69) is 26.2 Å². The minimum absolute atomic E-state index is 0.0150. The molecule has 1 N–H and O–H groups in total. The molecule has 1 aromatic carbocycles. The van der Waals surface area contributed by atoms with Crippen molar-refractivity contribution in [3.8, 4) is 0 Å². The molecule has 0 spiro atoms. The first-order valence-corrected chi connectivity index (χ1v) is 6.47. The molecule has 0 saturated heterocycles. The molecule has 0 bridgehead atoms. The summed E-state index contributed by atoms with van der Waals surface area (Å²) in [6.07, 6.45) is 4.68. The number of anilines is 1. The van der Waals surface area contributed by atoms with E-state index in [0.29, 0.717) is 12.8 Å². The van der Waals surface area contributed by atoms with Crippen LogP contribution in [0.1, 0.15) is 12.0 Å². The van der Waals surface area contributed by atoms with E-state index < -0.39 is 0 Å². The molecule has 3 nitrogen and oxygen atoms in total. The van der Waals surface area contributed by atoms with E-state index in [-0.39, 0.29) is 5.91 Å². The second-order valence-corrected chi connectivity index (χ2v) is 4.83. The van der Waals surface area contributed by atoms with Gasteiger partial charge in [-0.05, 0) is 42.3 Å². The predicted octanol–water partition coefficient (Wildman–Crippen LogP) is 3.42. The predicted molar refractivity (Wildman–Crippen MR) is 75.3 cm³/mol. The molecule has 4 heteroatoms. The van der Waals surface area contributed by atoms with E-state index in [9.17, 15) is 4.79 Å². The van der Waals surface area contributed by atoms with Crippen LogP contribution in [0.5, 0.6) is 0 Å². The van der Waals surface area contributed by atoms with Gasteiger partial charge < -0.3 is 5.32 Å². The molecule has 0 saturated carbocycles. The summed E-state index contributed by atoms with van der Waals surface area (Å²) in [7, 11) is 0. The van der Waals surface area contributed by atoms with Crippen LogP contribution in [0.15, 0.2) is 53.3 Å². The quantitative estimate of drug-likeness (QED) is 0.940. The van der Waals surface area contributed by atoms with Gasteiger partial charge in [-0.15, -0.1) is 0 Å². The summed E-state index contributed by atoms with van der Waals surface area (Å²) in [4.78, 5) is 15.7. The van der Waals surface area contributed by atoms with Gasteiger partial charge in [0.2, 0.25) is 5.91 Å². The second-order valence-electron chi connectivity index (χ2n) is 3.92. The fourth-order valence-corrected chi connectivity index (χ4v) is 1.82. The first-order chi connectivity index (χ1) is 8.74. The maximum absolute atomic E-state index is 11.7. The lowest BCUT2D eigenvalue weighted by Crippen LogP contribution is -2.12. The molecule has 0 radical (unpaired) electrons. The molecule has 92 valence electrons. The lowest BCUT2D eigenvalue weighted by Gasteiger charge is -2.05. The summed E-state index contributed by atoms with van der Waals surface area (Å²) >= 11 is 3.35. The molecule has 0 fully saturated rings. The number of carbonyl (C=O) groups excluding carboxylic acids is 1. The second kappa shape index (κ2) is 6.31. The summed E-state index contributed by atoms with van der Waals surface area (Å²) < 4.78 is 0.996. The monoisotopic (exact) mass is 304 g/mol. The lowest BCUT2D eigenvalue weighted by atomic mass is 10.1. The molecular formula is C14H13BrN2O. The standard InChI is InChI=1S/C14H13BrN2O/c15-12-4-6-13(7-5-12)17-14(18)8-3-11-2-1-9-16-10-11/h1-2,4-7,9-10H,3,8H2,(H,17,18). The third-order valence-electron chi connectivity index (χ3n) is 2.49. The molecular weight excluding hydrogens is 292 g/mol. The summed E-state index contributed by atoms with van der Waals surface area (Å²) in [5.41, 5.74) is 1.89. The Bertz CT molecular complexity index is 511. The Balaban J connectivity index is 1.84. The number of aryl methyl sites for hydroxylation is 1. The molecule has 18 heavy (non-hydrogen) atoms. The number of benzene rings is 1. The van der Waals surface area contributed by atoms with Crippen LogP contribution in [0.3, 0.4) is 0 Å². The fraction of sp³-hybridized carbons (Fsp3) is 0.143. The highest BCUT2D eigenvalue weighted by Crippen LogP contribution is 2.14. The molecule has 1 amide bonds. The fourth-order valence-electron chi connectivity index (χ4n) is 1.56. The molecule has 1 heterocycles. The summed E-state index contributed by atoms with van der Waals surface area (Å²) in [6.45, 7) is 0. The normalized spacial score (nSPS) is 10.1. The maximum atomic E-state index is 11.7. The first-order valence-electron chi connectivity index (χ1n) is 5.68. The molecule has 0 aliphatic carbocycles. The average molecular weight is 305 g/mol. The van der Waals surface area contributed by atoms with E-state index in [1.54, 1.807) is 12.4 Å². The van der Waals surface area contributed by atoms with Gasteiger partial charge in [-0.2, -0.15) is 0 Å². The lowest BCUT2D eigenvalue weighted by molar-refractivity contribution is -0.116. The summed E-state index contributed by atoms with van der Waals surface area (Å²) in [5, 5.41) is 2.86. The number of halogens is 1. The topological polar surface area (TPSA) is 42.0 Å². The molecule has 0 atom stereocenters. The van der Waals surface area contributed by atoms with Crippen LogP contribution in [0.2, 0.25) is 0 Å². The Kier molecular flexibility index (Phi) is 4.47. The van der Waals surface area contributed by atoms with Crippen molar-refractivity contribution in [2.24, 2.45) is 0 Å². The minimum Gasteiger partial charge on any atom is -0.326 e. The summed E-state index contributed by atoms with van der Waals surface area (Å²) in [5.74, 6) is 0.0150. The van der Waals surface area contributed by atoms with Crippen LogP contribution in [0.25, 0.3) is 0 Å². The van der Waals surface area contributed by atoms with Gasteiger partial charge in [0.05, 0.1) is 0 Å². The molecule has 0 unspecified atom stereocenters. The van der Waals surface area contributed by atoms with E-state index in [4.69, 9.17) is 0 Å². The zero-order valence-corrected chi connectivity index (χ0v) is 11.4. The van der Waals surface area contributed by atoms with Gasteiger partial charge >= 0.3 is 0 Å². The van der Waals surface area contributed by atoms with Gasteiger partial charge in [-0.1, -0.05) is 22.0 Å². The van der Waals surface area contributed by atoms with Crippen molar-refractivity contribution in [2.75, 3.05) is 5.32 Å². The number of rotatable bonds is 4. The maximum Gasteiger partial charge on any atom is 0.224 e. The number of hydrogen-bond acceptors (Lipinski definition) is 2. The molecule has 0 aliphatic heterocycles. The number of pyridine rings is 1. The zero-order chi connectivity index (χ0) is 12.8. The van der Waals surface area contributed by atoms with Crippen molar-refractivity contribution in [3.05, 3.63) is 58.8 Å². The third kappa shape index (κ3) is 3.96. The van der Waals surface area contributed by atoms with Gasteiger partial charge in [0.1, 0.15) is 0 Å². The Morgan fingerprint density at radius 2 is 2.00 bits per heavy atom. The first kappa shape index (κ1) is 12.8. The third-order valence-corrected chi connectivity index (χ3v) is 3.02.